The summed E-state index contributed by atoms with van der Waals surface area (Å²) in [6.45, 7) is 0. The minimum Gasteiger partial charge on any atom is -0.231 e. The molecular weight excluding hydrogens is 299 g/mol. The second-order valence-electron chi connectivity index (χ2n) is 2.84. The molecule has 0 atom stereocenters. The first kappa shape index (κ1) is 10.9. The lowest BCUT2D eigenvalue weighted by Gasteiger charge is -2.03. The van der Waals surface area contributed by atoms with E-state index in [2.05, 4.69) is 25.9 Å². The minimum atomic E-state index is 0.533. The van der Waals surface area contributed by atoms with E-state index >= 15 is 0 Å². The van der Waals surface area contributed by atoms with Gasteiger partial charge in [-0.1, -0.05) is 23.2 Å². The molecule has 0 radical (unpaired) electrons. The van der Waals surface area contributed by atoms with E-state index in [1.165, 1.54) is 0 Å². The van der Waals surface area contributed by atoms with Crippen LogP contribution in [0.4, 0.5) is 0 Å². The van der Waals surface area contributed by atoms with Gasteiger partial charge in [0.1, 0.15) is 0 Å². The molecule has 15 heavy (non-hydrogen) atoms. The maximum absolute atomic E-state index is 6.06. The predicted octanol–water partition coefficient (Wildman–Crippen LogP) is 4.21. The zero-order chi connectivity index (χ0) is 10.8. The molecule has 0 aliphatic carbocycles. The molecule has 0 aliphatic heterocycles. The summed E-state index contributed by atoms with van der Waals surface area (Å²) in [5.74, 6) is 0. The topological polar surface area (TPSA) is 25.8 Å². The molecule has 2 rings (SSSR count). The molecule has 5 heteroatoms. The first-order valence-electron chi connectivity index (χ1n) is 4.11. The Bertz CT molecular complexity index is 503. The summed E-state index contributed by atoms with van der Waals surface area (Å²) >= 11 is 15.1. The van der Waals surface area contributed by atoms with Crippen molar-refractivity contribution in [2.45, 2.75) is 0 Å². The van der Waals surface area contributed by atoms with E-state index in [4.69, 9.17) is 23.2 Å². The van der Waals surface area contributed by atoms with Crippen molar-refractivity contribution in [2.24, 2.45) is 0 Å². The van der Waals surface area contributed by atoms with E-state index in [1.54, 1.807) is 24.4 Å². The zero-order valence-corrected chi connectivity index (χ0v) is 10.5. The van der Waals surface area contributed by atoms with E-state index in [9.17, 15) is 0 Å². The van der Waals surface area contributed by atoms with Gasteiger partial charge in [0.2, 0.25) is 0 Å². The molecule has 0 spiro atoms. The van der Waals surface area contributed by atoms with Crippen LogP contribution in [0, 0.1) is 0 Å². The average molecular weight is 304 g/mol. The third-order valence-corrected chi connectivity index (χ3v) is 2.76. The molecule has 0 saturated carbocycles. The summed E-state index contributed by atoms with van der Waals surface area (Å²) in [5.41, 5.74) is 1.60. The molecule has 0 aliphatic rings. The lowest BCUT2D eigenvalue weighted by Crippen LogP contribution is -1.87. The molecule has 0 saturated heterocycles. The molecule has 0 fully saturated rings. The zero-order valence-electron chi connectivity index (χ0n) is 7.42. The van der Waals surface area contributed by atoms with Gasteiger partial charge in [-0.2, -0.15) is 0 Å². The molecule has 76 valence electrons. The Balaban J connectivity index is 2.54. The number of hydrogen-bond acceptors (Lipinski definition) is 2. The molecular formula is C10H5BrCl2N2. The van der Waals surface area contributed by atoms with Gasteiger partial charge in [-0.15, -0.1) is 0 Å². The van der Waals surface area contributed by atoms with Crippen molar-refractivity contribution < 1.29 is 0 Å². The largest absolute Gasteiger partial charge is 0.231 e. The van der Waals surface area contributed by atoms with E-state index in [0.717, 1.165) is 11.3 Å². The van der Waals surface area contributed by atoms with Crippen LogP contribution in [-0.2, 0) is 0 Å². The van der Waals surface area contributed by atoms with Gasteiger partial charge in [0.25, 0.3) is 0 Å². The van der Waals surface area contributed by atoms with Gasteiger partial charge in [0.15, 0.2) is 4.73 Å². The quantitative estimate of drug-likeness (QED) is 0.737. The Kier molecular flexibility index (Phi) is 3.24. The smallest absolute Gasteiger partial charge is 0.197 e. The van der Waals surface area contributed by atoms with Gasteiger partial charge < -0.3 is 0 Å². The fourth-order valence-corrected chi connectivity index (χ4v) is 2.00. The maximum Gasteiger partial charge on any atom is 0.197 e. The highest BCUT2D eigenvalue weighted by atomic mass is 79.9. The van der Waals surface area contributed by atoms with Crippen LogP contribution in [0.5, 0.6) is 0 Å². The average Bonchev–Trinajstić information content (AvgIpc) is 2.17. The van der Waals surface area contributed by atoms with Crippen LogP contribution in [0.15, 0.2) is 35.2 Å². The molecule has 1 aromatic heterocycles. The number of nitrogens with zero attached hydrogens (tertiary/aromatic N) is 2. The SMILES string of the molecule is Clc1ccc(-c2ccnc(Br)n2)c(Cl)c1. The second-order valence-corrected chi connectivity index (χ2v) is 4.39. The van der Waals surface area contributed by atoms with Gasteiger partial charge in [-0.25, -0.2) is 9.97 Å². The monoisotopic (exact) mass is 302 g/mol. The molecule has 0 unspecified atom stereocenters. The van der Waals surface area contributed by atoms with Crippen molar-refractivity contribution in [1.29, 1.82) is 0 Å². The normalized spacial score (nSPS) is 10.3. The third kappa shape index (κ3) is 2.48. The van der Waals surface area contributed by atoms with Crippen LogP contribution in [0.3, 0.4) is 0 Å². The van der Waals surface area contributed by atoms with Crippen molar-refractivity contribution in [3.8, 4) is 11.3 Å². The summed E-state index contributed by atoms with van der Waals surface area (Å²) in [5, 5.41) is 1.19. The highest BCUT2D eigenvalue weighted by Gasteiger charge is 2.05. The Labute approximate surface area is 105 Å². The Morgan fingerprint density at radius 1 is 1.13 bits per heavy atom. The Morgan fingerprint density at radius 3 is 2.60 bits per heavy atom. The first-order valence-corrected chi connectivity index (χ1v) is 5.65. The maximum atomic E-state index is 6.06. The van der Waals surface area contributed by atoms with E-state index in [-0.39, 0.29) is 0 Å². The summed E-state index contributed by atoms with van der Waals surface area (Å²) in [6.07, 6.45) is 1.66. The van der Waals surface area contributed by atoms with Gasteiger partial charge in [-0.3, -0.25) is 0 Å². The summed E-state index contributed by atoms with van der Waals surface area (Å²) in [7, 11) is 0. The summed E-state index contributed by atoms with van der Waals surface area (Å²) in [4.78, 5) is 8.16. The molecule has 2 nitrogen and oxygen atoms in total. The van der Waals surface area contributed by atoms with Gasteiger partial charge in [-0.05, 0) is 40.2 Å². The van der Waals surface area contributed by atoms with Gasteiger partial charge in [0, 0.05) is 16.8 Å². The Hall–Kier alpha value is -0.640. The highest BCUT2D eigenvalue weighted by molar-refractivity contribution is 9.10. The van der Waals surface area contributed by atoms with Crippen LogP contribution in [0.2, 0.25) is 10.0 Å². The van der Waals surface area contributed by atoms with E-state index in [1.807, 2.05) is 6.07 Å². The van der Waals surface area contributed by atoms with Crippen LogP contribution >= 0.6 is 39.1 Å². The molecule has 0 amide bonds. The van der Waals surface area contributed by atoms with Crippen LogP contribution in [0.25, 0.3) is 11.3 Å². The van der Waals surface area contributed by atoms with Crippen LogP contribution in [-0.4, -0.2) is 9.97 Å². The minimum absolute atomic E-state index is 0.533. The molecule has 0 bridgehead atoms. The van der Waals surface area contributed by atoms with Crippen LogP contribution < -0.4 is 0 Å². The standard InChI is InChI=1S/C10H5BrCl2N2/c11-10-14-4-3-9(15-10)7-2-1-6(12)5-8(7)13/h1-5H. The van der Waals surface area contributed by atoms with E-state index < -0.39 is 0 Å². The lowest BCUT2D eigenvalue weighted by molar-refractivity contribution is 1.12. The van der Waals surface area contributed by atoms with Crippen molar-refractivity contribution in [3.05, 3.63) is 45.2 Å². The fourth-order valence-electron chi connectivity index (χ4n) is 1.18. The summed E-state index contributed by atoms with van der Waals surface area (Å²) < 4.78 is 0.533. The molecule has 0 N–H and O–H groups in total. The van der Waals surface area contributed by atoms with Crippen LogP contribution in [0.1, 0.15) is 0 Å². The number of halogens is 3. The van der Waals surface area contributed by atoms with Crippen molar-refractivity contribution in [3.63, 3.8) is 0 Å². The number of rotatable bonds is 1. The molecule has 1 heterocycles. The lowest BCUT2D eigenvalue weighted by atomic mass is 10.1. The third-order valence-electron chi connectivity index (χ3n) is 1.83. The molecule has 2 aromatic rings. The highest BCUT2D eigenvalue weighted by Crippen LogP contribution is 2.29. The predicted molar refractivity (Wildman–Crippen MR) is 65.2 cm³/mol. The summed E-state index contributed by atoms with van der Waals surface area (Å²) in [6, 6.07) is 7.09. The number of aromatic nitrogens is 2. The first-order chi connectivity index (χ1) is 7.16. The van der Waals surface area contributed by atoms with Gasteiger partial charge in [0.05, 0.1) is 10.7 Å². The van der Waals surface area contributed by atoms with E-state index in [0.29, 0.717) is 14.8 Å². The number of benzene rings is 1. The fraction of sp³-hybridized carbons (Fsp3) is 0. The van der Waals surface area contributed by atoms with Crippen molar-refractivity contribution >= 4 is 39.1 Å². The Morgan fingerprint density at radius 2 is 1.93 bits per heavy atom. The number of hydrogen-bond donors (Lipinski definition) is 0. The second kappa shape index (κ2) is 4.47. The van der Waals surface area contributed by atoms with Gasteiger partial charge >= 0.3 is 0 Å². The van der Waals surface area contributed by atoms with Crippen molar-refractivity contribution in [2.75, 3.05) is 0 Å². The molecule has 1 aromatic carbocycles. The van der Waals surface area contributed by atoms with Crippen molar-refractivity contribution in [1.82, 2.24) is 9.97 Å².